The number of aliphatic hydroxyl groups excluding tert-OH is 1. The number of aromatic nitrogens is 1. The molecule has 1 aromatic heterocycles. The number of likely N-dealkylation sites (tertiary alicyclic amines) is 1. The molecule has 2 aromatic rings. The summed E-state index contributed by atoms with van der Waals surface area (Å²) in [6, 6.07) is 10.8. The van der Waals surface area contributed by atoms with Crippen molar-refractivity contribution in [2.24, 2.45) is 5.41 Å². The molecule has 1 spiro atoms. The number of fused-ring (bicyclic) bond motifs is 1. The van der Waals surface area contributed by atoms with Crippen LogP contribution < -0.4 is 4.90 Å². The Hall–Kier alpha value is -2.14. The van der Waals surface area contributed by atoms with Gasteiger partial charge < -0.3 is 14.9 Å². The van der Waals surface area contributed by atoms with Gasteiger partial charge in [0.1, 0.15) is 5.82 Å². The summed E-state index contributed by atoms with van der Waals surface area (Å²) in [7, 11) is 0. The zero-order valence-corrected chi connectivity index (χ0v) is 17.3. The van der Waals surface area contributed by atoms with Gasteiger partial charge in [0.15, 0.2) is 0 Å². The first-order valence-corrected chi connectivity index (χ1v) is 11.2. The van der Waals surface area contributed by atoms with Gasteiger partial charge in [-0.2, -0.15) is 0 Å². The number of pyridine rings is 1. The van der Waals surface area contributed by atoms with E-state index < -0.39 is 0 Å². The third kappa shape index (κ3) is 3.29. The molecule has 1 N–H and O–H groups in total. The van der Waals surface area contributed by atoms with Gasteiger partial charge in [0.25, 0.3) is 0 Å². The Labute approximate surface area is 172 Å². The maximum atomic E-state index is 13.6. The van der Waals surface area contributed by atoms with Gasteiger partial charge in [0.2, 0.25) is 5.91 Å². The molecule has 2 aliphatic heterocycles. The van der Waals surface area contributed by atoms with Gasteiger partial charge in [-0.15, -0.1) is 0 Å². The van der Waals surface area contributed by atoms with Gasteiger partial charge in [0.05, 0.1) is 17.0 Å². The second kappa shape index (κ2) is 7.28. The molecule has 3 fully saturated rings. The number of carbonyl (C=O) groups is 1. The number of para-hydroxylation sites is 1. The molecule has 2 saturated heterocycles. The van der Waals surface area contributed by atoms with Crippen LogP contribution in [-0.4, -0.2) is 52.7 Å². The lowest BCUT2D eigenvalue weighted by molar-refractivity contribution is -0.139. The smallest absolute Gasteiger partial charge is 0.230 e. The monoisotopic (exact) mass is 393 g/mol. The Kier molecular flexibility index (Phi) is 4.73. The standard InChI is InChI=1S/C24H31N3O2/c1-17-15-18-5-2-3-6-21(18)25-22(17)26-13-4-11-24(16-26)12-14-27(23(24)29)19-7-9-20(28)10-8-19/h2-3,5-6,15,19-20,28H,4,7-14,16H2,1H3/t19-,20-,24-/m1/s1. The van der Waals surface area contributed by atoms with Crippen molar-refractivity contribution in [3.63, 3.8) is 0 Å². The minimum atomic E-state index is -0.256. The number of rotatable bonds is 2. The second-order valence-electron chi connectivity index (χ2n) is 9.34. The van der Waals surface area contributed by atoms with Crippen LogP contribution in [0.15, 0.2) is 30.3 Å². The molecular weight excluding hydrogens is 362 g/mol. The summed E-state index contributed by atoms with van der Waals surface area (Å²) in [5.74, 6) is 1.39. The SMILES string of the molecule is Cc1cc2ccccc2nc1N1CCC[C@@]2(CCN([C@H]3CC[C@H](O)CC3)C2=O)C1. The number of hydrogen-bond acceptors (Lipinski definition) is 4. The quantitative estimate of drug-likeness (QED) is 0.846. The third-order valence-corrected chi connectivity index (χ3v) is 7.42. The van der Waals surface area contributed by atoms with E-state index in [1.165, 1.54) is 10.9 Å². The summed E-state index contributed by atoms with van der Waals surface area (Å²) in [6.07, 6.45) is 6.34. The van der Waals surface area contributed by atoms with Gasteiger partial charge in [-0.25, -0.2) is 4.98 Å². The van der Waals surface area contributed by atoms with Gasteiger partial charge in [-0.05, 0) is 69.6 Å². The fourth-order valence-electron chi connectivity index (χ4n) is 5.79. The molecule has 3 heterocycles. The van der Waals surface area contributed by atoms with E-state index in [-0.39, 0.29) is 11.5 Å². The zero-order valence-electron chi connectivity index (χ0n) is 17.3. The topological polar surface area (TPSA) is 56.7 Å². The van der Waals surface area contributed by atoms with E-state index in [1.54, 1.807) is 0 Å². The number of amides is 1. The van der Waals surface area contributed by atoms with Gasteiger partial charge in [-0.3, -0.25) is 4.79 Å². The summed E-state index contributed by atoms with van der Waals surface area (Å²) in [4.78, 5) is 23.0. The Bertz CT molecular complexity index is 921. The molecule has 3 aliphatic rings. The van der Waals surface area contributed by atoms with E-state index in [2.05, 4.69) is 41.0 Å². The lowest BCUT2D eigenvalue weighted by Gasteiger charge is -2.41. The van der Waals surface area contributed by atoms with E-state index in [0.717, 1.165) is 75.9 Å². The Morgan fingerprint density at radius 1 is 1.10 bits per heavy atom. The number of anilines is 1. The molecule has 5 nitrogen and oxygen atoms in total. The highest BCUT2D eigenvalue weighted by Crippen LogP contribution is 2.43. The van der Waals surface area contributed by atoms with Crippen molar-refractivity contribution in [1.29, 1.82) is 0 Å². The van der Waals surface area contributed by atoms with Crippen molar-refractivity contribution < 1.29 is 9.90 Å². The molecule has 0 bridgehead atoms. The molecule has 1 amide bonds. The minimum absolute atomic E-state index is 0.176. The van der Waals surface area contributed by atoms with Crippen molar-refractivity contribution in [3.05, 3.63) is 35.9 Å². The molecule has 5 heteroatoms. The number of carbonyl (C=O) groups excluding carboxylic acids is 1. The molecule has 154 valence electrons. The highest BCUT2D eigenvalue weighted by Gasteiger charge is 2.50. The summed E-state index contributed by atoms with van der Waals surface area (Å²) in [5.41, 5.74) is 1.95. The van der Waals surface area contributed by atoms with Crippen LogP contribution in [0.4, 0.5) is 5.82 Å². The van der Waals surface area contributed by atoms with Crippen LogP contribution in [0.5, 0.6) is 0 Å². The van der Waals surface area contributed by atoms with Crippen LogP contribution >= 0.6 is 0 Å². The van der Waals surface area contributed by atoms with Crippen LogP contribution in [0.2, 0.25) is 0 Å². The van der Waals surface area contributed by atoms with Crippen molar-refractivity contribution in [3.8, 4) is 0 Å². The molecule has 0 radical (unpaired) electrons. The second-order valence-corrected chi connectivity index (χ2v) is 9.34. The number of hydrogen-bond donors (Lipinski definition) is 1. The van der Waals surface area contributed by atoms with E-state index in [9.17, 15) is 9.90 Å². The fourth-order valence-corrected chi connectivity index (χ4v) is 5.79. The third-order valence-electron chi connectivity index (χ3n) is 7.42. The summed E-state index contributed by atoms with van der Waals surface area (Å²) in [6.45, 7) is 4.75. The normalized spacial score (nSPS) is 30.5. The van der Waals surface area contributed by atoms with E-state index in [1.807, 2.05) is 6.07 Å². The molecule has 1 saturated carbocycles. The zero-order chi connectivity index (χ0) is 20.0. The first-order valence-electron chi connectivity index (χ1n) is 11.2. The Morgan fingerprint density at radius 2 is 1.90 bits per heavy atom. The van der Waals surface area contributed by atoms with Crippen LogP contribution in [0, 0.1) is 12.3 Å². The Balaban J connectivity index is 1.38. The van der Waals surface area contributed by atoms with Crippen molar-refractivity contribution in [2.75, 3.05) is 24.5 Å². The molecule has 1 atom stereocenters. The maximum Gasteiger partial charge on any atom is 0.230 e. The van der Waals surface area contributed by atoms with Crippen LogP contribution in [0.25, 0.3) is 10.9 Å². The molecule has 29 heavy (non-hydrogen) atoms. The fraction of sp³-hybridized carbons (Fsp3) is 0.583. The first-order chi connectivity index (χ1) is 14.1. The number of nitrogens with zero attached hydrogens (tertiary/aromatic N) is 3. The molecule has 1 aromatic carbocycles. The van der Waals surface area contributed by atoms with Crippen molar-refractivity contribution >= 4 is 22.6 Å². The number of piperidine rings is 1. The predicted octanol–water partition coefficient (Wildman–Crippen LogP) is 3.67. The van der Waals surface area contributed by atoms with Gasteiger partial charge >= 0.3 is 0 Å². The van der Waals surface area contributed by atoms with Crippen molar-refractivity contribution in [1.82, 2.24) is 9.88 Å². The van der Waals surface area contributed by atoms with E-state index in [4.69, 9.17) is 4.98 Å². The van der Waals surface area contributed by atoms with Gasteiger partial charge in [0, 0.05) is 31.1 Å². The Morgan fingerprint density at radius 3 is 2.72 bits per heavy atom. The predicted molar refractivity (Wildman–Crippen MR) is 115 cm³/mol. The summed E-state index contributed by atoms with van der Waals surface area (Å²) >= 11 is 0. The number of benzene rings is 1. The molecule has 1 aliphatic carbocycles. The van der Waals surface area contributed by atoms with E-state index in [0.29, 0.717) is 11.9 Å². The maximum absolute atomic E-state index is 13.6. The molecular formula is C24H31N3O2. The largest absolute Gasteiger partial charge is 0.393 e. The minimum Gasteiger partial charge on any atom is -0.393 e. The summed E-state index contributed by atoms with van der Waals surface area (Å²) < 4.78 is 0. The van der Waals surface area contributed by atoms with Crippen LogP contribution in [-0.2, 0) is 4.79 Å². The lowest BCUT2D eigenvalue weighted by Crippen LogP contribution is -2.50. The highest BCUT2D eigenvalue weighted by atomic mass is 16.3. The summed E-state index contributed by atoms with van der Waals surface area (Å²) in [5, 5.41) is 11.0. The van der Waals surface area contributed by atoms with Crippen molar-refractivity contribution in [2.45, 2.75) is 64.0 Å². The average molecular weight is 394 g/mol. The lowest BCUT2D eigenvalue weighted by atomic mass is 9.78. The average Bonchev–Trinajstić information content (AvgIpc) is 3.04. The number of aliphatic hydroxyl groups is 1. The first kappa shape index (κ1) is 18.9. The molecule has 5 rings (SSSR count). The van der Waals surface area contributed by atoms with Gasteiger partial charge in [-0.1, -0.05) is 18.2 Å². The van der Waals surface area contributed by atoms with Crippen LogP contribution in [0.3, 0.4) is 0 Å². The highest BCUT2D eigenvalue weighted by molar-refractivity contribution is 5.86. The number of aryl methyl sites for hydroxylation is 1. The molecule has 0 unspecified atom stereocenters. The van der Waals surface area contributed by atoms with Crippen LogP contribution in [0.1, 0.15) is 50.5 Å². The van der Waals surface area contributed by atoms with E-state index >= 15 is 0 Å².